The van der Waals surface area contributed by atoms with E-state index in [2.05, 4.69) is 5.32 Å². The van der Waals surface area contributed by atoms with Gasteiger partial charge in [-0.05, 0) is 12.1 Å². The van der Waals surface area contributed by atoms with Gasteiger partial charge in [-0.15, -0.1) is 0 Å². The maximum absolute atomic E-state index is 12.5. The normalized spacial score (nSPS) is 19.0. The third kappa shape index (κ3) is 3.62. The molecule has 4 nitrogen and oxygen atoms in total. The Balaban J connectivity index is 2.07. The predicted octanol–water partition coefficient (Wildman–Crippen LogP) is 1.35. The van der Waals surface area contributed by atoms with Crippen LogP contribution in [0, 0.1) is 0 Å². The second kappa shape index (κ2) is 5.99. The summed E-state index contributed by atoms with van der Waals surface area (Å²) in [6.45, 7) is 3.44. The molecule has 1 aliphatic heterocycles. The molecule has 0 aliphatic carbocycles. The number of halogens is 3. The van der Waals surface area contributed by atoms with Crippen molar-refractivity contribution in [3.05, 3.63) is 29.3 Å². The van der Waals surface area contributed by atoms with Crippen LogP contribution in [0.4, 0.5) is 13.2 Å². The van der Waals surface area contributed by atoms with Crippen LogP contribution in [0.3, 0.4) is 0 Å². The Kier molecular flexibility index (Phi) is 4.52. The monoisotopic (exact) mass is 290 g/mol. The van der Waals surface area contributed by atoms with Gasteiger partial charge >= 0.3 is 6.18 Å². The molecule has 0 spiro atoms. The Labute approximate surface area is 114 Å². The summed E-state index contributed by atoms with van der Waals surface area (Å²) in [6, 6.07) is 2.65. The molecule has 7 heteroatoms. The third-order valence-corrected chi connectivity index (χ3v) is 3.36. The molecule has 112 valence electrons. The van der Waals surface area contributed by atoms with Crippen molar-refractivity contribution in [1.29, 1.82) is 0 Å². The first kappa shape index (κ1) is 15.1. The van der Waals surface area contributed by atoms with E-state index in [1.165, 1.54) is 0 Å². The fraction of sp³-hybridized carbons (Fsp3) is 0.538. The average Bonchev–Trinajstić information content (AvgIpc) is 2.38. The standard InChI is InChI=1S/C13H17F3N2O2/c14-13(15,16)9-1-2-10(11(19)7-9)12(20)8-18-5-3-17-4-6-18/h1-2,7,12,17,19-20H,3-6,8H2. The predicted molar refractivity (Wildman–Crippen MR) is 67.4 cm³/mol. The van der Waals surface area contributed by atoms with Gasteiger partial charge in [0.2, 0.25) is 0 Å². The first-order valence-corrected chi connectivity index (χ1v) is 6.39. The number of phenols is 1. The molecule has 0 saturated carbocycles. The lowest BCUT2D eigenvalue weighted by atomic mass is 10.0. The van der Waals surface area contributed by atoms with Crippen LogP contribution in [-0.2, 0) is 6.18 Å². The van der Waals surface area contributed by atoms with Crippen LogP contribution in [0.25, 0.3) is 0 Å². The minimum absolute atomic E-state index is 0.122. The zero-order valence-electron chi connectivity index (χ0n) is 10.8. The molecule has 0 bridgehead atoms. The van der Waals surface area contributed by atoms with E-state index in [4.69, 9.17) is 0 Å². The molecular formula is C13H17F3N2O2. The van der Waals surface area contributed by atoms with Crippen LogP contribution in [0.15, 0.2) is 18.2 Å². The molecule has 0 amide bonds. The van der Waals surface area contributed by atoms with Gasteiger partial charge in [-0.25, -0.2) is 0 Å². The lowest BCUT2D eigenvalue weighted by Crippen LogP contribution is -2.44. The Morgan fingerprint density at radius 1 is 1.25 bits per heavy atom. The second-order valence-electron chi connectivity index (χ2n) is 4.84. The van der Waals surface area contributed by atoms with E-state index in [-0.39, 0.29) is 5.56 Å². The van der Waals surface area contributed by atoms with Crippen LogP contribution >= 0.6 is 0 Å². The zero-order chi connectivity index (χ0) is 14.8. The fourth-order valence-corrected chi connectivity index (χ4v) is 2.24. The number of nitrogens with zero attached hydrogens (tertiary/aromatic N) is 1. The van der Waals surface area contributed by atoms with Crippen LogP contribution < -0.4 is 5.32 Å². The SMILES string of the molecule is Oc1cc(C(F)(F)F)ccc1C(O)CN1CCNCC1. The van der Waals surface area contributed by atoms with E-state index in [1.54, 1.807) is 0 Å². The second-order valence-corrected chi connectivity index (χ2v) is 4.84. The summed E-state index contributed by atoms with van der Waals surface area (Å²) in [4.78, 5) is 2.00. The summed E-state index contributed by atoms with van der Waals surface area (Å²) >= 11 is 0. The Bertz CT molecular complexity index is 459. The van der Waals surface area contributed by atoms with Crippen LogP contribution in [0.5, 0.6) is 5.75 Å². The minimum Gasteiger partial charge on any atom is -0.508 e. The number of rotatable bonds is 3. The molecule has 1 aliphatic rings. The molecule has 1 fully saturated rings. The summed E-state index contributed by atoms with van der Waals surface area (Å²) in [6.07, 6.45) is -5.50. The van der Waals surface area contributed by atoms with Crippen LogP contribution in [0.1, 0.15) is 17.2 Å². The van der Waals surface area contributed by atoms with Gasteiger partial charge in [0, 0.05) is 38.3 Å². The van der Waals surface area contributed by atoms with Crippen molar-refractivity contribution in [3.63, 3.8) is 0 Å². The summed E-state index contributed by atoms with van der Waals surface area (Å²) in [5, 5.41) is 22.9. The van der Waals surface area contributed by atoms with Crippen molar-refractivity contribution in [1.82, 2.24) is 10.2 Å². The van der Waals surface area contributed by atoms with Crippen molar-refractivity contribution >= 4 is 0 Å². The zero-order valence-corrected chi connectivity index (χ0v) is 10.8. The maximum atomic E-state index is 12.5. The Morgan fingerprint density at radius 3 is 2.45 bits per heavy atom. The number of benzene rings is 1. The van der Waals surface area contributed by atoms with Crippen molar-refractivity contribution in [2.45, 2.75) is 12.3 Å². The number of alkyl halides is 3. The number of β-amino-alcohol motifs (C(OH)–C–C–N with tert-alkyl or cyclic N) is 1. The molecule has 1 aromatic rings. The molecule has 3 N–H and O–H groups in total. The number of hydrogen-bond donors (Lipinski definition) is 3. The molecule has 20 heavy (non-hydrogen) atoms. The molecule has 0 aromatic heterocycles. The fourth-order valence-electron chi connectivity index (χ4n) is 2.24. The maximum Gasteiger partial charge on any atom is 0.416 e. The summed E-state index contributed by atoms with van der Waals surface area (Å²) < 4.78 is 37.5. The molecule has 1 atom stereocenters. The number of phenolic OH excluding ortho intramolecular Hbond substituents is 1. The molecule has 1 saturated heterocycles. The first-order valence-electron chi connectivity index (χ1n) is 6.39. The molecule has 1 aromatic carbocycles. The van der Waals surface area contributed by atoms with Crippen molar-refractivity contribution in [3.8, 4) is 5.75 Å². The van der Waals surface area contributed by atoms with Crippen molar-refractivity contribution in [2.24, 2.45) is 0 Å². The number of nitrogens with one attached hydrogen (secondary N) is 1. The highest BCUT2D eigenvalue weighted by molar-refractivity contribution is 5.39. The van der Waals surface area contributed by atoms with Crippen molar-refractivity contribution in [2.75, 3.05) is 32.7 Å². The van der Waals surface area contributed by atoms with E-state index in [1.807, 2.05) is 4.90 Å². The molecule has 1 unspecified atom stereocenters. The highest BCUT2D eigenvalue weighted by Crippen LogP contribution is 2.34. The van der Waals surface area contributed by atoms with Gasteiger partial charge in [-0.2, -0.15) is 13.2 Å². The molecule has 1 heterocycles. The smallest absolute Gasteiger partial charge is 0.416 e. The first-order chi connectivity index (χ1) is 9.38. The summed E-state index contributed by atoms with van der Waals surface area (Å²) in [7, 11) is 0. The number of piperazine rings is 1. The van der Waals surface area contributed by atoms with Gasteiger partial charge in [0.15, 0.2) is 0 Å². The average molecular weight is 290 g/mol. The van der Waals surface area contributed by atoms with Crippen LogP contribution in [0.2, 0.25) is 0 Å². The topological polar surface area (TPSA) is 55.7 Å². The van der Waals surface area contributed by atoms with Crippen LogP contribution in [-0.4, -0.2) is 47.8 Å². The summed E-state index contributed by atoms with van der Waals surface area (Å²) in [5.41, 5.74) is -0.801. The van der Waals surface area contributed by atoms with Crippen molar-refractivity contribution < 1.29 is 23.4 Å². The largest absolute Gasteiger partial charge is 0.508 e. The highest BCUT2D eigenvalue weighted by atomic mass is 19.4. The van der Waals surface area contributed by atoms with Gasteiger partial charge in [0.05, 0.1) is 11.7 Å². The van der Waals surface area contributed by atoms with E-state index < -0.39 is 23.6 Å². The molecule has 0 radical (unpaired) electrons. The number of aliphatic hydroxyl groups excluding tert-OH is 1. The summed E-state index contributed by atoms with van der Waals surface area (Å²) in [5.74, 6) is -0.526. The lowest BCUT2D eigenvalue weighted by molar-refractivity contribution is -0.137. The highest BCUT2D eigenvalue weighted by Gasteiger charge is 2.31. The Hall–Kier alpha value is -1.31. The van der Waals surface area contributed by atoms with Gasteiger partial charge < -0.3 is 15.5 Å². The minimum atomic E-state index is -4.50. The molecular weight excluding hydrogens is 273 g/mol. The Morgan fingerprint density at radius 2 is 1.90 bits per heavy atom. The van der Waals surface area contributed by atoms with Gasteiger partial charge in [0.25, 0.3) is 0 Å². The van der Waals surface area contributed by atoms with Gasteiger partial charge in [-0.1, -0.05) is 6.07 Å². The molecule has 2 rings (SSSR count). The number of aliphatic hydroxyl groups is 1. The lowest BCUT2D eigenvalue weighted by Gasteiger charge is -2.29. The van der Waals surface area contributed by atoms with E-state index in [0.717, 1.165) is 38.3 Å². The number of aromatic hydroxyl groups is 1. The van der Waals surface area contributed by atoms with Gasteiger partial charge in [-0.3, -0.25) is 4.90 Å². The van der Waals surface area contributed by atoms with E-state index in [9.17, 15) is 23.4 Å². The quantitative estimate of drug-likeness (QED) is 0.786. The van der Waals surface area contributed by atoms with E-state index >= 15 is 0 Å². The van der Waals surface area contributed by atoms with E-state index in [0.29, 0.717) is 12.6 Å². The third-order valence-electron chi connectivity index (χ3n) is 3.36. The number of hydrogen-bond acceptors (Lipinski definition) is 4. The van der Waals surface area contributed by atoms with Gasteiger partial charge in [0.1, 0.15) is 5.75 Å².